The van der Waals surface area contributed by atoms with E-state index >= 15 is 0 Å². The van der Waals surface area contributed by atoms with Crippen molar-refractivity contribution >= 4 is 39.9 Å². The van der Waals surface area contributed by atoms with Gasteiger partial charge in [-0.2, -0.15) is 0 Å². The third kappa shape index (κ3) is 3.51. The Labute approximate surface area is 179 Å². The van der Waals surface area contributed by atoms with Gasteiger partial charge in [-0.3, -0.25) is 14.0 Å². The van der Waals surface area contributed by atoms with Crippen LogP contribution in [0.3, 0.4) is 0 Å². The van der Waals surface area contributed by atoms with E-state index in [4.69, 9.17) is 16.3 Å². The van der Waals surface area contributed by atoms with Gasteiger partial charge in [0.15, 0.2) is 16.5 Å². The zero-order chi connectivity index (χ0) is 21.4. The lowest BCUT2D eigenvalue weighted by atomic mass is 10.1. The monoisotopic (exact) mass is 441 g/mol. The summed E-state index contributed by atoms with van der Waals surface area (Å²) in [4.78, 5) is 29.8. The summed E-state index contributed by atoms with van der Waals surface area (Å²) >= 11 is 7.26. The van der Waals surface area contributed by atoms with Crippen molar-refractivity contribution in [1.29, 1.82) is 0 Å². The molecular weight excluding hydrogens is 426 g/mol. The lowest BCUT2D eigenvalue weighted by Gasteiger charge is -2.05. The molecule has 152 valence electrons. The number of amides is 1. The number of aromatic hydroxyl groups is 1. The van der Waals surface area contributed by atoms with Crippen LogP contribution < -0.4 is 20.1 Å². The molecule has 0 aliphatic rings. The molecule has 2 aromatic carbocycles. The summed E-state index contributed by atoms with van der Waals surface area (Å²) in [7, 11) is 2.99. The number of hydrogen-bond acceptors (Lipinski definition) is 6. The van der Waals surface area contributed by atoms with Gasteiger partial charge >= 0.3 is 0 Å². The van der Waals surface area contributed by atoms with Crippen LogP contribution in [0.25, 0.3) is 22.3 Å². The van der Waals surface area contributed by atoms with Crippen LogP contribution in [0.2, 0.25) is 5.02 Å². The van der Waals surface area contributed by atoms with Gasteiger partial charge in [-0.25, -0.2) is 4.98 Å². The molecule has 0 radical (unpaired) electrons. The first-order valence-corrected chi connectivity index (χ1v) is 10.0. The molecule has 4 rings (SSSR count). The quantitative estimate of drug-likeness (QED) is 0.508. The van der Waals surface area contributed by atoms with Crippen molar-refractivity contribution in [2.24, 2.45) is 0 Å². The molecule has 2 aromatic heterocycles. The molecule has 0 atom stereocenters. The van der Waals surface area contributed by atoms with Crippen molar-refractivity contribution in [3.63, 3.8) is 0 Å². The fraction of sp³-hybridized carbons (Fsp3) is 0.0952. The zero-order valence-electron chi connectivity index (χ0n) is 16.0. The number of phenols is 1. The number of fused-ring (bicyclic) bond motifs is 1. The Morgan fingerprint density at radius 2 is 2.13 bits per heavy atom. The number of rotatable bonds is 4. The number of nitrogens with one attached hydrogen (secondary N) is 1. The molecule has 1 amide bonds. The Balaban J connectivity index is 1.77. The number of hydrogen-bond donors (Lipinski definition) is 2. The van der Waals surface area contributed by atoms with Crippen LogP contribution in [-0.2, 0) is 0 Å². The van der Waals surface area contributed by atoms with Gasteiger partial charge in [0.2, 0.25) is 0 Å². The lowest BCUT2D eigenvalue weighted by Crippen LogP contribution is -2.22. The standard InChI is InChI=1S/C21H16ClN3O4S/c1-23-19(27)13-5-3-4-12(9-13)15-10-25-20(28)17(30-21(25)24-15)8-11-6-14(22)18(26)16(7-11)29-2/h3-10,26H,1-2H3,(H,23,27). The number of nitrogens with zero attached hydrogens (tertiary/aromatic N) is 2. The number of halogens is 1. The molecule has 0 fully saturated rings. The summed E-state index contributed by atoms with van der Waals surface area (Å²) in [5.41, 5.74) is 2.26. The van der Waals surface area contributed by atoms with E-state index in [1.807, 2.05) is 6.07 Å². The van der Waals surface area contributed by atoms with Gasteiger partial charge in [0.05, 0.1) is 22.4 Å². The Morgan fingerprint density at radius 3 is 2.83 bits per heavy atom. The number of methoxy groups -OCH3 is 1. The Bertz CT molecular complexity index is 1390. The molecule has 0 aliphatic carbocycles. The first-order valence-electron chi connectivity index (χ1n) is 8.84. The van der Waals surface area contributed by atoms with E-state index in [1.54, 1.807) is 49.7 Å². The van der Waals surface area contributed by atoms with E-state index in [0.717, 1.165) is 5.56 Å². The number of imidazole rings is 1. The van der Waals surface area contributed by atoms with E-state index in [-0.39, 0.29) is 28.0 Å². The maximum absolute atomic E-state index is 12.8. The highest BCUT2D eigenvalue weighted by Gasteiger charge is 2.13. The maximum Gasteiger partial charge on any atom is 0.274 e. The SMILES string of the molecule is CNC(=O)c1cccc(-c2cn3c(=O)c(=Cc4cc(Cl)c(O)c(OC)c4)sc3n2)c1. The average Bonchev–Trinajstić information content (AvgIpc) is 3.29. The molecule has 2 heterocycles. The molecule has 0 saturated carbocycles. The first kappa shape index (κ1) is 19.9. The van der Waals surface area contributed by atoms with Gasteiger partial charge in [-0.1, -0.05) is 35.1 Å². The van der Waals surface area contributed by atoms with Crippen molar-refractivity contribution in [2.75, 3.05) is 14.2 Å². The van der Waals surface area contributed by atoms with Gasteiger partial charge in [0.1, 0.15) is 0 Å². The molecule has 0 spiro atoms. The number of thiazole rings is 1. The number of phenolic OH excluding ortho intramolecular Hbond substituents is 1. The van der Waals surface area contributed by atoms with E-state index in [1.165, 1.54) is 22.8 Å². The molecule has 4 aromatic rings. The Kier molecular flexibility index (Phi) is 5.19. The summed E-state index contributed by atoms with van der Waals surface area (Å²) < 4.78 is 7.04. The van der Waals surface area contributed by atoms with Crippen LogP contribution in [0.1, 0.15) is 15.9 Å². The molecule has 30 heavy (non-hydrogen) atoms. The normalized spacial score (nSPS) is 11.8. The number of aromatic nitrogens is 2. The van der Waals surface area contributed by atoms with E-state index < -0.39 is 0 Å². The van der Waals surface area contributed by atoms with Gasteiger partial charge in [0, 0.05) is 24.4 Å². The Morgan fingerprint density at radius 1 is 1.33 bits per heavy atom. The highest BCUT2D eigenvalue weighted by Crippen LogP contribution is 2.35. The predicted molar refractivity (Wildman–Crippen MR) is 117 cm³/mol. The molecule has 2 N–H and O–H groups in total. The molecule has 0 saturated heterocycles. The topological polar surface area (TPSA) is 92.9 Å². The van der Waals surface area contributed by atoms with E-state index in [2.05, 4.69) is 10.3 Å². The van der Waals surface area contributed by atoms with Crippen LogP contribution in [0.15, 0.2) is 47.4 Å². The first-order chi connectivity index (χ1) is 14.4. The van der Waals surface area contributed by atoms with Crippen LogP contribution in [-0.4, -0.2) is 34.6 Å². The molecule has 9 heteroatoms. The minimum absolute atomic E-state index is 0.132. The van der Waals surface area contributed by atoms with Crippen LogP contribution in [0.4, 0.5) is 0 Å². The van der Waals surface area contributed by atoms with Gasteiger partial charge in [-0.05, 0) is 35.9 Å². The van der Waals surface area contributed by atoms with Crippen molar-refractivity contribution in [3.05, 3.63) is 73.6 Å². The summed E-state index contributed by atoms with van der Waals surface area (Å²) in [6.07, 6.45) is 3.32. The molecule has 7 nitrogen and oxygen atoms in total. The summed E-state index contributed by atoms with van der Waals surface area (Å²) in [6.45, 7) is 0. The number of carbonyl (C=O) groups is 1. The number of benzene rings is 2. The van der Waals surface area contributed by atoms with Gasteiger partial charge in [-0.15, -0.1) is 0 Å². The predicted octanol–water partition coefficient (Wildman–Crippen LogP) is 2.70. The molecule has 0 aliphatic heterocycles. The second kappa shape index (κ2) is 7.81. The van der Waals surface area contributed by atoms with Crippen LogP contribution in [0, 0.1) is 0 Å². The van der Waals surface area contributed by atoms with E-state index in [0.29, 0.717) is 26.3 Å². The Hall–Kier alpha value is -3.36. The summed E-state index contributed by atoms with van der Waals surface area (Å²) in [6, 6.07) is 10.2. The fourth-order valence-corrected chi connectivity index (χ4v) is 4.19. The highest BCUT2D eigenvalue weighted by molar-refractivity contribution is 7.15. The minimum atomic E-state index is -0.223. The van der Waals surface area contributed by atoms with Crippen molar-refractivity contribution in [3.8, 4) is 22.8 Å². The van der Waals surface area contributed by atoms with Crippen LogP contribution in [0.5, 0.6) is 11.5 Å². The molecular formula is C21H16ClN3O4S. The smallest absolute Gasteiger partial charge is 0.274 e. The lowest BCUT2D eigenvalue weighted by molar-refractivity contribution is 0.0963. The van der Waals surface area contributed by atoms with Crippen molar-refractivity contribution < 1.29 is 14.6 Å². The maximum atomic E-state index is 12.8. The van der Waals surface area contributed by atoms with Crippen LogP contribution >= 0.6 is 22.9 Å². The summed E-state index contributed by atoms with van der Waals surface area (Å²) in [5, 5.41) is 12.6. The third-order valence-electron chi connectivity index (χ3n) is 4.52. The van der Waals surface area contributed by atoms with E-state index in [9.17, 15) is 14.7 Å². The largest absolute Gasteiger partial charge is 0.503 e. The average molecular weight is 442 g/mol. The second-order valence-electron chi connectivity index (χ2n) is 6.41. The number of carbonyl (C=O) groups excluding carboxylic acids is 1. The third-order valence-corrected chi connectivity index (χ3v) is 5.79. The molecule has 0 unspecified atom stereocenters. The second-order valence-corrected chi connectivity index (χ2v) is 7.82. The summed E-state index contributed by atoms with van der Waals surface area (Å²) in [5.74, 6) is -0.119. The minimum Gasteiger partial charge on any atom is -0.503 e. The van der Waals surface area contributed by atoms with Crippen molar-refractivity contribution in [2.45, 2.75) is 0 Å². The van der Waals surface area contributed by atoms with Gasteiger partial charge < -0.3 is 15.2 Å². The number of ether oxygens (including phenoxy) is 1. The highest BCUT2D eigenvalue weighted by atomic mass is 35.5. The fourth-order valence-electron chi connectivity index (χ4n) is 3.02. The molecule has 0 bridgehead atoms. The zero-order valence-corrected chi connectivity index (χ0v) is 17.5. The van der Waals surface area contributed by atoms with Crippen molar-refractivity contribution in [1.82, 2.24) is 14.7 Å². The van der Waals surface area contributed by atoms with Gasteiger partial charge in [0.25, 0.3) is 11.5 Å².